The van der Waals surface area contributed by atoms with Crippen molar-refractivity contribution >= 4 is 23.5 Å². The summed E-state index contributed by atoms with van der Waals surface area (Å²) in [5.74, 6) is -1.56. The lowest BCUT2D eigenvalue weighted by atomic mass is 10.2. The van der Waals surface area contributed by atoms with Gasteiger partial charge in [0.15, 0.2) is 0 Å². The van der Waals surface area contributed by atoms with Crippen LogP contribution in [0.4, 0.5) is 19.0 Å². The van der Waals surface area contributed by atoms with Gasteiger partial charge in [0.2, 0.25) is 0 Å². The molecule has 2 N–H and O–H groups in total. The molecule has 0 saturated carbocycles. The number of thioether (sulfide) groups is 1. The third-order valence-corrected chi connectivity index (χ3v) is 3.70. The Morgan fingerprint density at radius 2 is 2.15 bits per heavy atom. The second-order valence-electron chi connectivity index (χ2n) is 4.16. The number of nitrogens with zero attached hydrogens (tertiary/aromatic N) is 1. The molecule has 0 saturated heterocycles. The van der Waals surface area contributed by atoms with Crippen molar-refractivity contribution in [3.63, 3.8) is 0 Å². The van der Waals surface area contributed by atoms with Gasteiger partial charge >= 0.3 is 12.1 Å². The van der Waals surface area contributed by atoms with Gasteiger partial charge in [0.25, 0.3) is 0 Å². The molecule has 1 heterocycles. The second-order valence-corrected chi connectivity index (χ2v) is 5.43. The smallest absolute Gasteiger partial charge is 0.433 e. The van der Waals surface area contributed by atoms with Gasteiger partial charge in [0.05, 0.1) is 0 Å². The van der Waals surface area contributed by atoms with Crippen LogP contribution in [0.2, 0.25) is 0 Å². The Bertz CT molecular complexity index is 480. The SMILES string of the molecule is CSC(C)CCNc1nc(C(F)(F)F)ccc1C(=O)O. The molecule has 20 heavy (non-hydrogen) atoms. The fourth-order valence-electron chi connectivity index (χ4n) is 1.44. The minimum atomic E-state index is -4.60. The molecule has 0 radical (unpaired) electrons. The van der Waals surface area contributed by atoms with Crippen molar-refractivity contribution < 1.29 is 23.1 Å². The van der Waals surface area contributed by atoms with E-state index in [1.54, 1.807) is 11.8 Å². The van der Waals surface area contributed by atoms with E-state index in [0.29, 0.717) is 24.3 Å². The van der Waals surface area contributed by atoms with Crippen LogP contribution in [0.1, 0.15) is 29.4 Å². The molecule has 0 fully saturated rings. The molecule has 0 aliphatic rings. The number of rotatable bonds is 6. The third-order valence-electron chi connectivity index (χ3n) is 2.66. The van der Waals surface area contributed by atoms with Gasteiger partial charge in [-0.1, -0.05) is 6.92 Å². The predicted molar refractivity (Wildman–Crippen MR) is 72.3 cm³/mol. The van der Waals surface area contributed by atoms with Crippen LogP contribution in [-0.2, 0) is 6.18 Å². The van der Waals surface area contributed by atoms with Crippen LogP contribution in [0.3, 0.4) is 0 Å². The van der Waals surface area contributed by atoms with Crippen LogP contribution >= 0.6 is 11.8 Å². The van der Waals surface area contributed by atoms with Crippen LogP contribution in [-0.4, -0.2) is 34.1 Å². The minimum absolute atomic E-state index is 0.249. The summed E-state index contributed by atoms with van der Waals surface area (Å²) in [6, 6.07) is 1.58. The summed E-state index contributed by atoms with van der Waals surface area (Å²) in [6.45, 7) is 2.33. The van der Waals surface area contributed by atoms with E-state index in [9.17, 15) is 18.0 Å². The molecular weight excluding hydrogens is 293 g/mol. The highest BCUT2D eigenvalue weighted by atomic mass is 32.2. The molecule has 0 aromatic carbocycles. The van der Waals surface area contributed by atoms with Gasteiger partial charge < -0.3 is 10.4 Å². The maximum atomic E-state index is 12.6. The summed E-state index contributed by atoms with van der Waals surface area (Å²) in [6.07, 6.45) is -1.98. The first-order valence-electron chi connectivity index (χ1n) is 5.84. The van der Waals surface area contributed by atoms with Gasteiger partial charge in [-0.25, -0.2) is 9.78 Å². The summed E-state index contributed by atoms with van der Waals surface area (Å²) < 4.78 is 37.7. The van der Waals surface area contributed by atoms with Crippen LogP contribution < -0.4 is 5.32 Å². The zero-order valence-electron chi connectivity index (χ0n) is 11.0. The van der Waals surface area contributed by atoms with Crippen LogP contribution in [0.5, 0.6) is 0 Å². The first kappa shape index (κ1) is 16.6. The number of carbonyl (C=O) groups is 1. The molecule has 8 heteroatoms. The summed E-state index contributed by atoms with van der Waals surface area (Å²) in [7, 11) is 0. The predicted octanol–water partition coefficient (Wildman–Crippen LogP) is 3.35. The number of carboxylic acid groups (broad SMARTS) is 1. The average molecular weight is 308 g/mol. The van der Waals surface area contributed by atoms with Crippen molar-refractivity contribution in [2.45, 2.75) is 24.8 Å². The molecular formula is C12H15F3N2O2S. The number of anilines is 1. The Morgan fingerprint density at radius 3 is 2.65 bits per heavy atom. The minimum Gasteiger partial charge on any atom is -0.478 e. The number of nitrogens with one attached hydrogen (secondary N) is 1. The molecule has 0 spiro atoms. The number of alkyl halides is 3. The van der Waals surface area contributed by atoms with Gasteiger partial charge in [-0.2, -0.15) is 24.9 Å². The zero-order chi connectivity index (χ0) is 15.3. The van der Waals surface area contributed by atoms with Gasteiger partial charge in [0, 0.05) is 11.8 Å². The number of carboxylic acids is 1. The highest BCUT2D eigenvalue weighted by molar-refractivity contribution is 7.99. The number of hydrogen-bond acceptors (Lipinski definition) is 4. The topological polar surface area (TPSA) is 62.2 Å². The summed E-state index contributed by atoms with van der Waals surface area (Å²) in [5, 5.41) is 11.9. The molecule has 1 aromatic rings. The first-order valence-corrected chi connectivity index (χ1v) is 7.12. The van der Waals surface area contributed by atoms with Crippen molar-refractivity contribution in [2.75, 3.05) is 18.1 Å². The highest BCUT2D eigenvalue weighted by Crippen LogP contribution is 2.29. The molecule has 0 amide bonds. The van der Waals surface area contributed by atoms with Gasteiger partial charge in [0.1, 0.15) is 17.1 Å². The Hall–Kier alpha value is -1.44. The van der Waals surface area contributed by atoms with E-state index >= 15 is 0 Å². The van der Waals surface area contributed by atoms with E-state index in [1.807, 2.05) is 13.2 Å². The summed E-state index contributed by atoms with van der Waals surface area (Å²) in [4.78, 5) is 14.3. The van der Waals surface area contributed by atoms with Crippen molar-refractivity contribution in [2.24, 2.45) is 0 Å². The fourth-order valence-corrected chi connectivity index (χ4v) is 1.79. The van der Waals surface area contributed by atoms with Gasteiger partial charge in [-0.05, 0) is 24.8 Å². The monoisotopic (exact) mass is 308 g/mol. The maximum absolute atomic E-state index is 12.6. The van der Waals surface area contributed by atoms with E-state index in [0.717, 1.165) is 6.07 Å². The number of hydrogen-bond donors (Lipinski definition) is 2. The molecule has 0 aliphatic carbocycles. The molecule has 1 atom stereocenters. The summed E-state index contributed by atoms with van der Waals surface area (Å²) in [5.41, 5.74) is -1.38. The van der Waals surface area contributed by atoms with E-state index < -0.39 is 17.8 Å². The first-order chi connectivity index (χ1) is 9.25. The lowest BCUT2D eigenvalue weighted by Gasteiger charge is -2.13. The fraction of sp³-hybridized carbons (Fsp3) is 0.500. The van der Waals surface area contributed by atoms with Crippen molar-refractivity contribution in [3.8, 4) is 0 Å². The molecule has 112 valence electrons. The van der Waals surface area contributed by atoms with Crippen LogP contribution in [0, 0.1) is 0 Å². The average Bonchev–Trinajstić information content (AvgIpc) is 2.37. The lowest BCUT2D eigenvalue weighted by molar-refractivity contribution is -0.141. The van der Waals surface area contributed by atoms with E-state index in [4.69, 9.17) is 5.11 Å². The Morgan fingerprint density at radius 1 is 1.50 bits per heavy atom. The van der Waals surface area contributed by atoms with Gasteiger partial charge in [-0.15, -0.1) is 0 Å². The maximum Gasteiger partial charge on any atom is 0.433 e. The molecule has 1 unspecified atom stereocenters. The molecule has 4 nitrogen and oxygen atoms in total. The molecule has 0 aliphatic heterocycles. The standard InChI is InChI=1S/C12H15F3N2O2S/c1-7(20-2)5-6-16-10-8(11(18)19)3-4-9(17-10)12(13,14)15/h3-4,7H,5-6H2,1-2H3,(H,16,17)(H,18,19). The van der Waals surface area contributed by atoms with Gasteiger partial charge in [-0.3, -0.25) is 0 Å². The zero-order valence-corrected chi connectivity index (χ0v) is 11.8. The molecule has 1 rings (SSSR count). The Labute approximate surface area is 118 Å². The lowest BCUT2D eigenvalue weighted by Crippen LogP contribution is -2.16. The van der Waals surface area contributed by atoms with Crippen LogP contribution in [0.15, 0.2) is 12.1 Å². The second kappa shape index (κ2) is 6.83. The number of aromatic nitrogens is 1. The quantitative estimate of drug-likeness (QED) is 0.844. The third kappa shape index (κ3) is 4.59. The molecule has 0 bridgehead atoms. The number of aromatic carboxylic acids is 1. The number of pyridine rings is 1. The van der Waals surface area contributed by atoms with E-state index in [-0.39, 0.29) is 11.4 Å². The Kier molecular flexibility index (Phi) is 5.67. The normalized spacial score (nSPS) is 13.1. The van der Waals surface area contributed by atoms with E-state index in [1.165, 1.54) is 0 Å². The Balaban J connectivity index is 2.92. The largest absolute Gasteiger partial charge is 0.478 e. The van der Waals surface area contributed by atoms with Crippen molar-refractivity contribution in [3.05, 3.63) is 23.4 Å². The summed E-state index contributed by atoms with van der Waals surface area (Å²) >= 11 is 1.62. The number of halogens is 3. The van der Waals surface area contributed by atoms with E-state index in [2.05, 4.69) is 10.3 Å². The van der Waals surface area contributed by atoms with Crippen LogP contribution in [0.25, 0.3) is 0 Å². The van der Waals surface area contributed by atoms with Crippen molar-refractivity contribution in [1.82, 2.24) is 4.98 Å². The highest BCUT2D eigenvalue weighted by Gasteiger charge is 2.33. The molecule has 1 aromatic heterocycles. The van der Waals surface area contributed by atoms with Crippen molar-refractivity contribution in [1.29, 1.82) is 0 Å².